The molecule has 0 radical (unpaired) electrons. The van der Waals surface area contributed by atoms with Crippen LogP contribution in [0.1, 0.15) is 74.6 Å². The lowest BCUT2D eigenvalue weighted by molar-refractivity contribution is -0.120. The molecule has 5 aromatic rings. The third kappa shape index (κ3) is 8.21. The highest BCUT2D eigenvalue weighted by Gasteiger charge is 2.33. The summed E-state index contributed by atoms with van der Waals surface area (Å²) in [7, 11) is -0.807. The van der Waals surface area contributed by atoms with E-state index in [4.69, 9.17) is 9.72 Å². The molecular weight excluding hydrogens is 795 g/mol. The van der Waals surface area contributed by atoms with Crippen LogP contribution in [0.3, 0.4) is 0 Å². The molecule has 2 N–H and O–H groups in total. The molecule has 1 aliphatic carbocycles. The van der Waals surface area contributed by atoms with Crippen LogP contribution in [0.5, 0.6) is 11.5 Å². The number of hydrogen-bond acceptors (Lipinski definition) is 10. The van der Waals surface area contributed by atoms with Gasteiger partial charge in [0.25, 0.3) is 0 Å². The summed E-state index contributed by atoms with van der Waals surface area (Å²) in [6.45, 7) is 3.97. The Bertz CT molecular complexity index is 2640. The van der Waals surface area contributed by atoms with Gasteiger partial charge in [-0.1, -0.05) is 6.92 Å². The number of halogens is 2. The number of imide groups is 1. The highest BCUT2D eigenvalue weighted by molar-refractivity contribution is 7.90. The van der Waals surface area contributed by atoms with Crippen molar-refractivity contribution in [2.24, 2.45) is 13.0 Å². The van der Waals surface area contributed by atoms with Crippen molar-refractivity contribution in [3.05, 3.63) is 77.1 Å². The van der Waals surface area contributed by atoms with Crippen LogP contribution in [0.15, 0.2) is 48.7 Å². The molecule has 3 aliphatic rings. The molecule has 3 fully saturated rings. The first kappa shape index (κ1) is 41.0. The number of anilines is 2. The van der Waals surface area contributed by atoms with Gasteiger partial charge >= 0.3 is 16.2 Å². The van der Waals surface area contributed by atoms with E-state index in [1.165, 1.54) is 24.1 Å². The molecule has 2 saturated heterocycles. The Hall–Kier alpha value is -5.77. The molecule has 8 rings (SSSR count). The predicted octanol–water partition coefficient (Wildman–Crippen LogP) is 6.49. The van der Waals surface area contributed by atoms with E-state index >= 15 is 8.78 Å². The number of rotatable bonds is 11. The van der Waals surface area contributed by atoms with Crippen LogP contribution in [0.25, 0.3) is 21.9 Å². The number of carbonyl (C=O) groups excluding carboxylic acids is 2. The number of fused-ring (bicyclic) bond motifs is 2. The van der Waals surface area contributed by atoms with Crippen LogP contribution in [0.4, 0.5) is 25.1 Å². The number of nitriles is 1. The molecule has 0 atom stereocenters. The Morgan fingerprint density at radius 1 is 1.00 bits per heavy atom. The Balaban J connectivity index is 0.873. The molecule has 60 heavy (non-hydrogen) atoms. The Morgan fingerprint density at radius 3 is 2.48 bits per heavy atom. The van der Waals surface area contributed by atoms with Crippen molar-refractivity contribution in [1.29, 1.82) is 5.26 Å². The van der Waals surface area contributed by atoms with Crippen LogP contribution in [0, 0.1) is 28.9 Å². The van der Waals surface area contributed by atoms with E-state index in [9.17, 15) is 23.3 Å². The Labute approximate surface area is 346 Å². The normalized spacial score (nSPS) is 19.5. The van der Waals surface area contributed by atoms with Crippen molar-refractivity contribution >= 4 is 55.6 Å². The summed E-state index contributed by atoms with van der Waals surface area (Å²) in [6.07, 6.45) is 8.39. The van der Waals surface area contributed by atoms with Crippen LogP contribution >= 0.6 is 0 Å². The minimum Gasteiger partial charge on any atom is -0.453 e. The summed E-state index contributed by atoms with van der Waals surface area (Å²) < 4.78 is 67.0. The van der Waals surface area contributed by atoms with Crippen molar-refractivity contribution in [1.82, 2.24) is 34.3 Å². The van der Waals surface area contributed by atoms with Gasteiger partial charge in [0.15, 0.2) is 17.4 Å². The monoisotopic (exact) mass is 840 g/mol. The topological polar surface area (TPSA) is 179 Å². The van der Waals surface area contributed by atoms with Gasteiger partial charge in [0, 0.05) is 57.3 Å². The number of carbonyl (C=O) groups is 2. The summed E-state index contributed by atoms with van der Waals surface area (Å²) in [5, 5.41) is 17.3. The zero-order chi connectivity index (χ0) is 42.3. The van der Waals surface area contributed by atoms with Gasteiger partial charge in [-0.25, -0.2) is 18.6 Å². The molecule has 2 aromatic heterocycles. The molecule has 3 aromatic carbocycles. The van der Waals surface area contributed by atoms with Gasteiger partial charge in [0.1, 0.15) is 23.2 Å². The van der Waals surface area contributed by atoms with E-state index in [1.807, 2.05) is 12.1 Å². The maximum Gasteiger partial charge on any atom is 0.329 e. The van der Waals surface area contributed by atoms with Gasteiger partial charge in [-0.3, -0.25) is 29.4 Å². The number of nitrogens with one attached hydrogen (secondary N) is 2. The number of aryl methyl sites for hydroxylation is 1. The molecular formula is C42H46F2N10O5S. The molecule has 0 spiro atoms. The van der Waals surface area contributed by atoms with E-state index in [2.05, 4.69) is 25.0 Å². The van der Waals surface area contributed by atoms with Gasteiger partial charge in [0.05, 0.1) is 27.9 Å². The van der Waals surface area contributed by atoms with Crippen molar-refractivity contribution in [2.75, 3.05) is 42.8 Å². The second kappa shape index (κ2) is 16.7. The van der Waals surface area contributed by atoms with Gasteiger partial charge in [-0.05, 0) is 112 Å². The smallest absolute Gasteiger partial charge is 0.329 e. The summed E-state index contributed by atoms with van der Waals surface area (Å²) in [4.78, 5) is 37.6. The Kier molecular flexibility index (Phi) is 11.4. The molecule has 18 heteroatoms. The molecule has 1 saturated carbocycles. The maximum atomic E-state index is 15.7. The maximum absolute atomic E-state index is 15.7. The molecule has 0 unspecified atom stereocenters. The predicted molar refractivity (Wildman–Crippen MR) is 221 cm³/mol. The highest BCUT2D eigenvalue weighted by atomic mass is 32.2. The first-order valence-corrected chi connectivity index (χ1v) is 21.7. The van der Waals surface area contributed by atoms with E-state index in [1.54, 1.807) is 43.0 Å². The molecule has 0 bridgehead atoms. The van der Waals surface area contributed by atoms with Crippen LogP contribution in [0.2, 0.25) is 0 Å². The number of amides is 3. The first-order chi connectivity index (χ1) is 28.8. The number of benzene rings is 3. The van der Waals surface area contributed by atoms with Gasteiger partial charge in [-0.15, -0.1) is 0 Å². The summed E-state index contributed by atoms with van der Waals surface area (Å²) >= 11 is 0. The number of likely N-dealkylation sites (tertiary alicyclic amines) is 1. The SMILES string of the molecule is CCN(C)S(=O)(=O)Nc1ccc(F)c(Oc2ccc3ncc(CC4CCN(C5CCC(c6cc7c(cc6F)c(N6CCC(=O)NC6=O)nn7C)CC5)CC4)nc3c2)c1C#N. The third-order valence-electron chi connectivity index (χ3n) is 12.2. The lowest BCUT2D eigenvalue weighted by Gasteiger charge is -2.41. The fraction of sp³-hybridized carbons (Fsp3) is 0.429. The van der Waals surface area contributed by atoms with E-state index in [0.717, 1.165) is 79.6 Å². The molecule has 3 amide bonds. The zero-order valence-corrected chi connectivity index (χ0v) is 34.4. The van der Waals surface area contributed by atoms with Crippen molar-refractivity contribution < 1.29 is 31.5 Å². The zero-order valence-electron chi connectivity index (χ0n) is 33.6. The number of aromatic nitrogens is 4. The minimum atomic E-state index is -3.97. The average molecular weight is 841 g/mol. The summed E-state index contributed by atoms with van der Waals surface area (Å²) in [5.74, 6) is -0.800. The Morgan fingerprint density at radius 2 is 1.77 bits per heavy atom. The quantitative estimate of drug-likeness (QED) is 0.149. The van der Waals surface area contributed by atoms with Crippen LogP contribution in [-0.2, 0) is 28.5 Å². The number of piperidine rings is 1. The molecule has 4 heterocycles. The average Bonchev–Trinajstić information content (AvgIpc) is 3.55. The molecule has 314 valence electrons. The van der Waals surface area contributed by atoms with Crippen LogP contribution < -0.4 is 19.7 Å². The van der Waals surface area contributed by atoms with Crippen molar-refractivity contribution in [3.63, 3.8) is 0 Å². The largest absolute Gasteiger partial charge is 0.453 e. The van der Waals surface area contributed by atoms with Crippen molar-refractivity contribution in [3.8, 4) is 17.6 Å². The number of nitrogens with zero attached hydrogens (tertiary/aromatic N) is 8. The van der Waals surface area contributed by atoms with E-state index in [-0.39, 0.29) is 54.2 Å². The lowest BCUT2D eigenvalue weighted by Crippen LogP contribution is -2.49. The second-order valence-electron chi connectivity index (χ2n) is 15.8. The van der Waals surface area contributed by atoms with E-state index < -0.39 is 27.8 Å². The van der Waals surface area contributed by atoms with Crippen LogP contribution in [-0.4, -0.2) is 88.6 Å². The fourth-order valence-corrected chi connectivity index (χ4v) is 9.62. The standard InChI is InChI=1S/C42H46F2N10O5S/c1-4-51(2)60(57,58)50-35-12-10-33(43)40(32(35)23-45)59-29-9-11-36-37(20-29)47-27(24-46-36)19-25-13-16-53(17-14-25)28-7-5-26(6-8-28)30-22-38-31(21-34(30)44)41(49-52(38)3)54-18-15-39(55)48-42(54)56/h9-12,20-22,24-26,28,50H,4-8,13-19H2,1-3H3,(H,48,55,56). The number of ether oxygens (including phenoxy) is 1. The first-order valence-electron chi connectivity index (χ1n) is 20.2. The van der Waals surface area contributed by atoms with Crippen molar-refractivity contribution in [2.45, 2.75) is 70.3 Å². The number of hydrogen-bond donors (Lipinski definition) is 2. The van der Waals surface area contributed by atoms with Gasteiger partial charge in [-0.2, -0.15) is 23.1 Å². The number of urea groups is 1. The lowest BCUT2D eigenvalue weighted by atomic mass is 9.80. The van der Waals surface area contributed by atoms with Gasteiger partial charge in [0.2, 0.25) is 5.91 Å². The summed E-state index contributed by atoms with van der Waals surface area (Å²) in [5.41, 5.74) is 3.03. The molecule has 15 nitrogen and oxygen atoms in total. The third-order valence-corrected chi connectivity index (χ3v) is 13.7. The second-order valence-corrected chi connectivity index (χ2v) is 17.6. The highest BCUT2D eigenvalue weighted by Crippen LogP contribution is 2.40. The van der Waals surface area contributed by atoms with E-state index in [0.29, 0.717) is 39.8 Å². The summed E-state index contributed by atoms with van der Waals surface area (Å²) in [6, 6.07) is 12.3. The van der Waals surface area contributed by atoms with Gasteiger partial charge < -0.3 is 9.64 Å². The fourth-order valence-electron chi connectivity index (χ4n) is 8.67. The minimum absolute atomic E-state index is 0.0843. The molecule has 2 aliphatic heterocycles.